The fourth-order valence-electron chi connectivity index (χ4n) is 5.20. The Balaban J connectivity index is 1.40. The van der Waals surface area contributed by atoms with E-state index in [9.17, 15) is 14.4 Å². The van der Waals surface area contributed by atoms with E-state index in [0.29, 0.717) is 0 Å². The molecule has 2 aliphatic carbocycles. The minimum atomic E-state index is -1.16. The Labute approximate surface area is 205 Å². The highest BCUT2D eigenvalue weighted by Gasteiger charge is 2.31. The van der Waals surface area contributed by atoms with Crippen molar-refractivity contribution in [1.82, 2.24) is 10.4 Å². The van der Waals surface area contributed by atoms with Crippen LogP contribution in [-0.4, -0.2) is 54.4 Å². The molecule has 2 aromatic rings. The summed E-state index contributed by atoms with van der Waals surface area (Å²) < 4.78 is 5.70. The van der Waals surface area contributed by atoms with Gasteiger partial charge < -0.3 is 15.2 Å². The molecule has 4 rings (SSSR count). The van der Waals surface area contributed by atoms with Crippen molar-refractivity contribution in [2.45, 2.75) is 50.5 Å². The highest BCUT2D eigenvalue weighted by molar-refractivity contribution is 5.79. The van der Waals surface area contributed by atoms with Crippen LogP contribution >= 0.6 is 0 Å². The molecule has 0 radical (unpaired) electrons. The van der Waals surface area contributed by atoms with Gasteiger partial charge in [0.2, 0.25) is 5.91 Å². The highest BCUT2D eigenvalue weighted by Crippen LogP contribution is 2.44. The molecule has 1 unspecified atom stereocenters. The number of carboxylic acids is 1. The number of amides is 2. The highest BCUT2D eigenvalue weighted by atomic mass is 16.7. The van der Waals surface area contributed by atoms with Gasteiger partial charge in [-0.15, -0.1) is 0 Å². The van der Waals surface area contributed by atoms with Gasteiger partial charge in [0.15, 0.2) is 6.61 Å². The van der Waals surface area contributed by atoms with Gasteiger partial charge in [0.05, 0.1) is 0 Å². The van der Waals surface area contributed by atoms with E-state index in [0.717, 1.165) is 59.4 Å². The minimum Gasteiger partial charge on any atom is -0.479 e. The SMILES string of the molecule is CN(OCC(=O)O)C(=O)CC(NC(=O)OCC1c2ccccc2-c2ccccc21)C1CCCCC1. The summed E-state index contributed by atoms with van der Waals surface area (Å²) >= 11 is 0. The molecule has 0 spiro atoms. The van der Waals surface area contributed by atoms with Crippen LogP contribution in [0.4, 0.5) is 4.79 Å². The van der Waals surface area contributed by atoms with Gasteiger partial charge in [0, 0.05) is 25.4 Å². The molecule has 0 saturated heterocycles. The average Bonchev–Trinajstić information content (AvgIpc) is 3.19. The number of hydrogen-bond donors (Lipinski definition) is 2. The van der Waals surface area contributed by atoms with Crippen LogP contribution in [-0.2, 0) is 19.2 Å². The summed E-state index contributed by atoms with van der Waals surface area (Å²) in [5.41, 5.74) is 4.59. The molecule has 0 bridgehead atoms. The van der Waals surface area contributed by atoms with Gasteiger partial charge in [-0.25, -0.2) is 14.7 Å². The lowest BCUT2D eigenvalue weighted by molar-refractivity contribution is -0.186. The van der Waals surface area contributed by atoms with Crippen LogP contribution in [0.1, 0.15) is 55.6 Å². The summed E-state index contributed by atoms with van der Waals surface area (Å²) in [6.07, 6.45) is 4.54. The van der Waals surface area contributed by atoms with Crippen molar-refractivity contribution in [3.05, 3.63) is 59.7 Å². The van der Waals surface area contributed by atoms with Crippen molar-refractivity contribution >= 4 is 18.0 Å². The Morgan fingerprint density at radius 2 is 1.60 bits per heavy atom. The molecule has 2 N–H and O–H groups in total. The van der Waals surface area contributed by atoms with Gasteiger partial charge in [-0.2, -0.15) is 0 Å². The molecule has 2 aliphatic rings. The summed E-state index contributed by atoms with van der Waals surface area (Å²) in [6, 6.07) is 15.9. The first-order valence-electron chi connectivity index (χ1n) is 12.2. The van der Waals surface area contributed by atoms with Crippen LogP contribution < -0.4 is 5.32 Å². The second-order valence-electron chi connectivity index (χ2n) is 9.24. The zero-order valence-corrected chi connectivity index (χ0v) is 19.9. The lowest BCUT2D eigenvalue weighted by Crippen LogP contribution is -2.45. The Bertz CT molecular complexity index is 1020. The van der Waals surface area contributed by atoms with E-state index in [-0.39, 0.29) is 30.8 Å². The molecule has 0 aromatic heterocycles. The summed E-state index contributed by atoms with van der Waals surface area (Å²) in [4.78, 5) is 41.2. The van der Waals surface area contributed by atoms with E-state index < -0.39 is 24.7 Å². The molecular weight excluding hydrogens is 448 g/mol. The number of aliphatic carboxylic acids is 1. The Hall–Kier alpha value is -3.39. The lowest BCUT2D eigenvalue weighted by atomic mass is 9.82. The number of ether oxygens (including phenoxy) is 1. The normalized spacial score (nSPS) is 16.1. The molecule has 0 heterocycles. The number of nitrogens with zero attached hydrogens (tertiary/aromatic N) is 1. The monoisotopic (exact) mass is 480 g/mol. The maximum absolute atomic E-state index is 12.9. The molecule has 35 heavy (non-hydrogen) atoms. The maximum Gasteiger partial charge on any atom is 0.407 e. The van der Waals surface area contributed by atoms with Crippen molar-refractivity contribution in [2.24, 2.45) is 5.92 Å². The number of benzene rings is 2. The molecule has 2 aromatic carbocycles. The fraction of sp³-hybridized carbons (Fsp3) is 0.444. The van der Waals surface area contributed by atoms with Crippen LogP contribution in [0.2, 0.25) is 0 Å². The molecular formula is C27H32N2O6. The quantitative estimate of drug-likeness (QED) is 0.518. The van der Waals surface area contributed by atoms with Crippen molar-refractivity contribution in [3.63, 3.8) is 0 Å². The van der Waals surface area contributed by atoms with E-state index >= 15 is 0 Å². The van der Waals surface area contributed by atoms with Crippen molar-refractivity contribution < 1.29 is 29.1 Å². The Morgan fingerprint density at radius 1 is 1.00 bits per heavy atom. The smallest absolute Gasteiger partial charge is 0.407 e. The first kappa shape index (κ1) is 24.7. The Morgan fingerprint density at radius 3 is 2.20 bits per heavy atom. The average molecular weight is 481 g/mol. The van der Waals surface area contributed by atoms with E-state index in [1.165, 1.54) is 7.05 Å². The summed E-state index contributed by atoms with van der Waals surface area (Å²) in [5, 5.41) is 12.6. The molecule has 2 amide bonds. The van der Waals surface area contributed by atoms with Gasteiger partial charge in [0.25, 0.3) is 0 Å². The Kier molecular flexibility index (Phi) is 8.02. The van der Waals surface area contributed by atoms with Crippen LogP contribution in [0.25, 0.3) is 11.1 Å². The van der Waals surface area contributed by atoms with E-state index in [2.05, 4.69) is 29.6 Å². The fourth-order valence-corrected chi connectivity index (χ4v) is 5.20. The third kappa shape index (κ3) is 6.00. The number of hydroxylamine groups is 2. The number of hydrogen-bond acceptors (Lipinski definition) is 5. The van der Waals surface area contributed by atoms with E-state index in [1.807, 2.05) is 24.3 Å². The second-order valence-corrected chi connectivity index (χ2v) is 9.24. The van der Waals surface area contributed by atoms with Crippen LogP contribution in [0, 0.1) is 5.92 Å². The molecule has 8 nitrogen and oxygen atoms in total. The molecule has 186 valence electrons. The third-order valence-electron chi connectivity index (χ3n) is 6.99. The van der Waals surface area contributed by atoms with Crippen LogP contribution in [0.5, 0.6) is 0 Å². The first-order valence-corrected chi connectivity index (χ1v) is 12.2. The number of nitrogens with one attached hydrogen (secondary N) is 1. The van der Waals surface area contributed by atoms with Gasteiger partial charge in [-0.3, -0.25) is 9.63 Å². The standard InChI is InChI=1S/C27H32N2O6/c1-29(35-17-26(31)32)25(30)15-24(18-9-3-2-4-10-18)28-27(33)34-16-23-21-13-7-5-11-19(21)20-12-6-8-14-22(20)23/h5-8,11-14,18,23-24H,2-4,9-10,15-17H2,1H3,(H,28,33)(H,31,32). The molecule has 0 aliphatic heterocycles. The number of rotatable bonds is 9. The van der Waals surface area contributed by atoms with Crippen molar-refractivity contribution in [2.75, 3.05) is 20.3 Å². The van der Waals surface area contributed by atoms with Crippen molar-refractivity contribution in [3.8, 4) is 11.1 Å². The van der Waals surface area contributed by atoms with E-state index in [1.54, 1.807) is 0 Å². The van der Waals surface area contributed by atoms with Crippen molar-refractivity contribution in [1.29, 1.82) is 0 Å². The zero-order chi connectivity index (χ0) is 24.8. The number of carbonyl (C=O) groups is 3. The number of carbonyl (C=O) groups excluding carboxylic acids is 2. The summed E-state index contributed by atoms with van der Waals surface area (Å²) in [7, 11) is 1.39. The number of fused-ring (bicyclic) bond motifs is 3. The molecule has 1 atom stereocenters. The van der Waals surface area contributed by atoms with Gasteiger partial charge in [0.1, 0.15) is 6.61 Å². The maximum atomic E-state index is 12.9. The molecule has 1 fully saturated rings. The number of alkyl carbamates (subject to hydrolysis) is 1. The van der Waals surface area contributed by atoms with Crippen LogP contribution in [0.3, 0.4) is 0 Å². The first-order chi connectivity index (χ1) is 16.9. The topological polar surface area (TPSA) is 105 Å². The zero-order valence-electron chi connectivity index (χ0n) is 19.9. The van der Waals surface area contributed by atoms with Gasteiger partial charge >= 0.3 is 12.1 Å². The largest absolute Gasteiger partial charge is 0.479 e. The summed E-state index contributed by atoms with van der Waals surface area (Å²) in [6.45, 7) is -0.400. The third-order valence-corrected chi connectivity index (χ3v) is 6.99. The second kappa shape index (κ2) is 11.4. The predicted molar refractivity (Wildman–Crippen MR) is 130 cm³/mol. The van der Waals surface area contributed by atoms with Gasteiger partial charge in [-0.05, 0) is 41.0 Å². The van der Waals surface area contributed by atoms with Crippen LogP contribution in [0.15, 0.2) is 48.5 Å². The molecule has 8 heteroatoms. The minimum absolute atomic E-state index is 0.0188. The molecule has 1 saturated carbocycles. The predicted octanol–water partition coefficient (Wildman–Crippen LogP) is 4.34. The summed E-state index contributed by atoms with van der Waals surface area (Å²) in [5.74, 6) is -1.44. The van der Waals surface area contributed by atoms with E-state index in [4.69, 9.17) is 14.7 Å². The number of carboxylic acid groups (broad SMARTS) is 1. The van der Waals surface area contributed by atoms with Gasteiger partial charge in [-0.1, -0.05) is 67.8 Å². The lowest BCUT2D eigenvalue weighted by Gasteiger charge is -2.31.